The van der Waals surface area contributed by atoms with Crippen LogP contribution in [0.4, 0.5) is 23.7 Å². The van der Waals surface area contributed by atoms with E-state index in [2.05, 4.69) is 11.4 Å². The van der Waals surface area contributed by atoms with Crippen LogP contribution in [-0.2, 0) is 16.8 Å². The van der Waals surface area contributed by atoms with Gasteiger partial charge in [0.1, 0.15) is 5.75 Å². The lowest BCUT2D eigenvalue weighted by atomic mass is 9.74. The van der Waals surface area contributed by atoms with Gasteiger partial charge in [0.2, 0.25) is 0 Å². The highest BCUT2D eigenvalue weighted by molar-refractivity contribution is 8.00. The SMILES string of the molecule is CSc1sc(C(=O)N2CCC3(CC2)COc2ccc(CN)cc23)cc1NC(=O)NCC(=O)C(F)(F)F. The van der Waals surface area contributed by atoms with Gasteiger partial charge in [-0.2, -0.15) is 13.2 Å². The number of nitrogens with one attached hydrogen (secondary N) is 2. The van der Waals surface area contributed by atoms with Crippen LogP contribution in [0.5, 0.6) is 5.75 Å². The van der Waals surface area contributed by atoms with Crippen LogP contribution in [0.15, 0.2) is 28.5 Å². The van der Waals surface area contributed by atoms with Crippen LogP contribution in [0.1, 0.15) is 33.6 Å². The number of hydrogen-bond acceptors (Lipinski definition) is 7. The number of nitrogens with zero attached hydrogens (tertiary/aromatic N) is 1. The van der Waals surface area contributed by atoms with E-state index < -0.39 is 24.5 Å². The average Bonchev–Trinajstić information content (AvgIpc) is 3.43. The smallest absolute Gasteiger partial charge is 0.451 e. The third-order valence-corrected chi connectivity index (χ3v) is 8.69. The lowest BCUT2D eigenvalue weighted by Crippen LogP contribution is -2.45. The molecule has 3 heterocycles. The maximum Gasteiger partial charge on any atom is 0.451 e. The van der Waals surface area contributed by atoms with Crippen molar-refractivity contribution in [3.8, 4) is 5.75 Å². The Morgan fingerprint density at radius 1 is 1.22 bits per heavy atom. The van der Waals surface area contributed by atoms with Gasteiger partial charge in [0.05, 0.1) is 27.9 Å². The Hall–Kier alpha value is -2.77. The van der Waals surface area contributed by atoms with Crippen LogP contribution >= 0.6 is 23.1 Å². The summed E-state index contributed by atoms with van der Waals surface area (Å²) in [6.45, 7) is 0.897. The highest BCUT2D eigenvalue weighted by atomic mass is 32.2. The molecule has 2 aliphatic heterocycles. The summed E-state index contributed by atoms with van der Waals surface area (Å²) in [7, 11) is 0. The number of carbonyl (C=O) groups is 3. The van der Waals surface area contributed by atoms with E-state index in [1.54, 1.807) is 11.2 Å². The first kappa shape index (κ1) is 26.3. The third-order valence-electron chi connectivity index (χ3n) is 6.43. The molecule has 2 aromatic rings. The molecular formula is C23H25F3N4O4S2. The van der Waals surface area contributed by atoms with Gasteiger partial charge in [-0.05, 0) is 36.8 Å². The molecule has 0 atom stereocenters. The van der Waals surface area contributed by atoms with Crippen LogP contribution < -0.4 is 21.1 Å². The molecule has 0 unspecified atom stereocenters. The molecule has 1 aromatic carbocycles. The zero-order valence-corrected chi connectivity index (χ0v) is 21.0. The molecule has 3 amide bonds. The second kappa shape index (κ2) is 10.3. The third kappa shape index (κ3) is 5.32. The number of hydrogen-bond donors (Lipinski definition) is 3. The van der Waals surface area contributed by atoms with Gasteiger partial charge in [0, 0.05) is 30.6 Å². The number of urea groups is 1. The van der Waals surface area contributed by atoms with E-state index in [-0.39, 0.29) is 11.3 Å². The predicted octanol–water partition coefficient (Wildman–Crippen LogP) is 3.75. The zero-order chi connectivity index (χ0) is 26.1. The van der Waals surface area contributed by atoms with E-state index in [4.69, 9.17) is 10.5 Å². The van der Waals surface area contributed by atoms with E-state index in [9.17, 15) is 27.6 Å². The molecule has 13 heteroatoms. The standard InChI is InChI=1S/C23H25F3N4O4S2/c1-35-20-15(29-21(33)28-11-18(31)23(24,25)26)9-17(36-20)19(32)30-6-4-22(5-7-30)12-34-16-3-2-13(10-27)8-14(16)22/h2-3,8-9H,4-7,10-12,27H2,1H3,(H2,28,29,33). The van der Waals surface area contributed by atoms with Crippen molar-refractivity contribution in [3.05, 3.63) is 40.3 Å². The van der Waals surface area contributed by atoms with Crippen molar-refractivity contribution in [2.45, 2.75) is 35.2 Å². The highest BCUT2D eigenvalue weighted by Gasteiger charge is 2.44. The molecule has 8 nitrogen and oxygen atoms in total. The minimum atomic E-state index is -5.02. The second-order valence-corrected chi connectivity index (χ2v) is 10.8. The van der Waals surface area contributed by atoms with Gasteiger partial charge in [-0.3, -0.25) is 9.59 Å². The van der Waals surface area contributed by atoms with Gasteiger partial charge >= 0.3 is 12.2 Å². The lowest BCUT2D eigenvalue weighted by molar-refractivity contribution is -0.169. The highest BCUT2D eigenvalue weighted by Crippen LogP contribution is 2.46. The molecular weight excluding hydrogens is 517 g/mol. The number of thiophene rings is 1. The molecule has 194 valence electrons. The Morgan fingerprint density at radius 3 is 2.58 bits per heavy atom. The van der Waals surface area contributed by atoms with Crippen LogP contribution in [0.2, 0.25) is 0 Å². The summed E-state index contributed by atoms with van der Waals surface area (Å²) < 4.78 is 43.6. The van der Waals surface area contributed by atoms with Crippen LogP contribution in [0.3, 0.4) is 0 Å². The Kier molecular flexibility index (Phi) is 7.53. The largest absolute Gasteiger partial charge is 0.492 e. The number of anilines is 1. The summed E-state index contributed by atoms with van der Waals surface area (Å²) in [5.74, 6) is -1.37. The number of ketones is 1. The molecule has 0 saturated carbocycles. The first-order valence-electron chi connectivity index (χ1n) is 11.1. The quantitative estimate of drug-likeness (QED) is 0.480. The fourth-order valence-corrected chi connectivity index (χ4v) is 6.14. The molecule has 1 saturated heterocycles. The number of fused-ring (bicyclic) bond motifs is 2. The van der Waals surface area contributed by atoms with Crippen molar-refractivity contribution in [3.63, 3.8) is 0 Å². The number of Topliss-reactive ketones (excluding diaryl/α,β-unsaturated/α-hetero) is 1. The molecule has 2 aliphatic rings. The topological polar surface area (TPSA) is 114 Å². The molecule has 1 spiro atoms. The summed E-state index contributed by atoms with van der Waals surface area (Å²) in [6, 6.07) is 6.54. The molecule has 36 heavy (non-hydrogen) atoms. The Bertz CT molecular complexity index is 1180. The number of amides is 3. The summed E-state index contributed by atoms with van der Waals surface area (Å²) in [5, 5.41) is 4.33. The van der Waals surface area contributed by atoms with Crippen molar-refractivity contribution in [2.75, 3.05) is 37.8 Å². The van der Waals surface area contributed by atoms with Gasteiger partial charge in [-0.1, -0.05) is 12.1 Å². The van der Waals surface area contributed by atoms with E-state index in [0.717, 1.165) is 29.7 Å². The predicted molar refractivity (Wildman–Crippen MR) is 131 cm³/mol. The minimum absolute atomic E-state index is 0.157. The first-order chi connectivity index (χ1) is 17.1. The van der Waals surface area contributed by atoms with E-state index >= 15 is 0 Å². The number of ether oxygens (including phenoxy) is 1. The Morgan fingerprint density at radius 2 is 1.94 bits per heavy atom. The van der Waals surface area contributed by atoms with Crippen LogP contribution in [-0.4, -0.2) is 61.3 Å². The van der Waals surface area contributed by atoms with Gasteiger partial charge < -0.3 is 26.0 Å². The molecule has 4 N–H and O–H groups in total. The number of piperidine rings is 1. The van der Waals surface area contributed by atoms with Crippen molar-refractivity contribution in [2.24, 2.45) is 5.73 Å². The van der Waals surface area contributed by atoms with Crippen molar-refractivity contribution in [1.29, 1.82) is 0 Å². The van der Waals surface area contributed by atoms with Crippen molar-refractivity contribution >= 4 is 46.5 Å². The monoisotopic (exact) mass is 542 g/mol. The van der Waals surface area contributed by atoms with Crippen molar-refractivity contribution in [1.82, 2.24) is 10.2 Å². The molecule has 0 aliphatic carbocycles. The number of carbonyl (C=O) groups excluding carboxylic acids is 3. The van der Waals surface area contributed by atoms with Gasteiger partial charge in [-0.15, -0.1) is 23.1 Å². The number of nitrogens with two attached hydrogens (primary N) is 1. The number of halogens is 3. The number of thioether (sulfide) groups is 1. The summed E-state index contributed by atoms with van der Waals surface area (Å²) >= 11 is 2.49. The molecule has 1 fully saturated rings. The second-order valence-electron chi connectivity index (χ2n) is 8.64. The Labute approximate surface area is 213 Å². The first-order valence-corrected chi connectivity index (χ1v) is 13.2. The number of alkyl halides is 3. The van der Waals surface area contributed by atoms with Crippen molar-refractivity contribution < 1.29 is 32.3 Å². The molecule has 0 bridgehead atoms. The normalized spacial score (nSPS) is 16.4. The average molecular weight is 543 g/mol. The summed E-state index contributed by atoms with van der Waals surface area (Å²) in [4.78, 5) is 38.4. The number of likely N-dealkylation sites (tertiary alicyclic amines) is 1. The number of benzene rings is 1. The zero-order valence-electron chi connectivity index (χ0n) is 19.4. The maximum absolute atomic E-state index is 13.2. The summed E-state index contributed by atoms with van der Waals surface area (Å²) in [6.07, 6.45) is -1.79. The van der Waals surface area contributed by atoms with Gasteiger partial charge in [0.15, 0.2) is 0 Å². The van der Waals surface area contributed by atoms with E-state index in [0.29, 0.717) is 41.0 Å². The molecule has 4 rings (SSSR count). The van der Waals surface area contributed by atoms with Gasteiger partial charge in [-0.25, -0.2) is 4.79 Å². The maximum atomic E-state index is 13.2. The Balaban J connectivity index is 1.39. The fourth-order valence-electron chi connectivity index (χ4n) is 4.39. The minimum Gasteiger partial charge on any atom is -0.492 e. The molecule has 0 radical (unpaired) electrons. The number of rotatable bonds is 6. The summed E-state index contributed by atoms with van der Waals surface area (Å²) in [5.41, 5.74) is 8.12. The van der Waals surface area contributed by atoms with E-state index in [1.165, 1.54) is 29.2 Å². The lowest BCUT2D eigenvalue weighted by Gasteiger charge is -2.38. The fraction of sp³-hybridized carbons (Fsp3) is 0.435. The van der Waals surface area contributed by atoms with E-state index in [1.807, 2.05) is 17.4 Å². The van der Waals surface area contributed by atoms with Crippen LogP contribution in [0, 0.1) is 0 Å². The molecule has 1 aromatic heterocycles. The van der Waals surface area contributed by atoms with Crippen LogP contribution in [0.25, 0.3) is 0 Å². The van der Waals surface area contributed by atoms with Gasteiger partial charge in [0.25, 0.3) is 11.7 Å².